The molecule has 1 fully saturated rings. The van der Waals surface area contributed by atoms with Gasteiger partial charge in [-0.1, -0.05) is 137 Å². The first kappa shape index (κ1) is 74.7. The monoisotopic (exact) mass is 1320 g/mol. The van der Waals surface area contributed by atoms with E-state index in [1.165, 1.54) is 52.7 Å². The van der Waals surface area contributed by atoms with Crippen LogP contribution in [0.15, 0.2) is 115 Å². The number of primary amides is 2. The van der Waals surface area contributed by atoms with Crippen molar-refractivity contribution in [1.29, 1.82) is 0 Å². The highest BCUT2D eigenvalue weighted by atomic mass is 32.2. The maximum atomic E-state index is 14.6. The number of nitrogens with one attached hydrogen (secondary N) is 8. The number of imide groups is 1. The van der Waals surface area contributed by atoms with E-state index in [-0.39, 0.29) is 49.8 Å². The fraction of sp³-hybridized carbons (Fsp3) is 0.446. The standard InChI is InChI=1S/C65H86N12O14S2/c1-5-40(4)56(76-60(85)49(31-41-23-25-45(78)26-24-41)71-61(86)51(38-93-36-44-20-13-8-14-21-44)74-65(90)91-34-42-16-9-6-10-17-42)63(88)70-47(27-28-53(67)79)58(83)72-50(32-54(68)80)59(84)75-55(81)33-69-57(82)48(30-39(2)3)73-62(87)52-22-15-29-77(52)64(89)46(66)37-92-35-43-18-11-7-12-19-43/h6-14,16-21,23-26,39-40,46-52,56,78H,5,15,22,27-38,66H2,1-4H3,(H2,67,79)(H2,68,80)(H,69,82)(H,70,88)(H,71,86)(H,72,83)(H,73,87)(H,74,90)(H,76,85)(H,75,81,84)/t40-,46-,47-,48-,49-,50-,51-,52-,56-/m0/s1. The molecule has 0 bridgehead atoms. The van der Waals surface area contributed by atoms with E-state index in [1.807, 2.05) is 66.0 Å². The first-order chi connectivity index (χ1) is 44.4. The van der Waals surface area contributed by atoms with Crippen molar-refractivity contribution >= 4 is 94.6 Å². The molecule has 9 atom stereocenters. The van der Waals surface area contributed by atoms with Crippen LogP contribution < -0.4 is 59.7 Å². The van der Waals surface area contributed by atoms with Gasteiger partial charge in [0.05, 0.1) is 19.0 Å². The molecule has 4 aromatic carbocycles. The number of rotatable bonds is 37. The molecule has 26 nitrogen and oxygen atoms in total. The zero-order chi connectivity index (χ0) is 68.0. The Hall–Kier alpha value is -9.02. The van der Waals surface area contributed by atoms with Crippen molar-refractivity contribution < 1.29 is 67.4 Å². The van der Waals surface area contributed by atoms with Gasteiger partial charge >= 0.3 is 6.09 Å². The lowest BCUT2D eigenvalue weighted by atomic mass is 9.96. The summed E-state index contributed by atoms with van der Waals surface area (Å²) in [5.74, 6) is -9.46. The van der Waals surface area contributed by atoms with E-state index in [0.717, 1.165) is 11.1 Å². The number of thioether (sulfide) groups is 2. The van der Waals surface area contributed by atoms with Gasteiger partial charge in [-0.05, 0) is 71.9 Å². The summed E-state index contributed by atoms with van der Waals surface area (Å²) in [6, 6.07) is 23.0. The third-order valence-electron chi connectivity index (χ3n) is 15.0. The number of nitrogens with two attached hydrogens (primary N) is 3. The fourth-order valence-electron chi connectivity index (χ4n) is 9.76. The predicted molar refractivity (Wildman–Crippen MR) is 350 cm³/mol. The molecule has 93 heavy (non-hydrogen) atoms. The van der Waals surface area contributed by atoms with E-state index < -0.39 is 151 Å². The van der Waals surface area contributed by atoms with Crippen LogP contribution in [0.3, 0.4) is 0 Å². The molecule has 5 rings (SSSR count). The molecule has 4 aromatic rings. The molecule has 28 heteroatoms. The molecule has 1 aliphatic heterocycles. The SMILES string of the molecule is CC[C@H](C)[C@H](NC(=O)[C@H](Cc1ccc(O)cc1)NC(=O)[C@H](CSCc1ccccc1)NC(=O)OCc1ccccc1)C(=O)N[C@@H](CCC(N)=O)C(=O)N[C@@H](CC(N)=O)C(=O)NC(=O)CNC(=O)[C@H](CC(C)C)NC(=O)[C@@H]1CCCN1C(=O)[C@@H](N)CSCc1ccccc1. The smallest absolute Gasteiger partial charge is 0.408 e. The molecule has 0 radical (unpaired) electrons. The van der Waals surface area contributed by atoms with Crippen molar-refractivity contribution in [1.82, 2.24) is 47.4 Å². The molecule has 0 aromatic heterocycles. The van der Waals surface area contributed by atoms with Gasteiger partial charge in [0.2, 0.25) is 65.0 Å². The predicted octanol–water partition coefficient (Wildman–Crippen LogP) is 1.83. The van der Waals surface area contributed by atoms with Crippen LogP contribution in [-0.2, 0) is 82.0 Å². The number of likely N-dealkylation sites (tertiary alicyclic amines) is 1. The Morgan fingerprint density at radius 1 is 0.602 bits per heavy atom. The van der Waals surface area contributed by atoms with Crippen LogP contribution in [0.25, 0.3) is 0 Å². The Labute approximate surface area is 549 Å². The van der Waals surface area contributed by atoms with Crippen LogP contribution in [-0.4, -0.2) is 154 Å². The zero-order valence-electron chi connectivity index (χ0n) is 52.6. The highest BCUT2D eigenvalue weighted by Gasteiger charge is 2.39. The molecular formula is C65H86N12O14S2. The lowest BCUT2D eigenvalue weighted by Crippen LogP contribution is -2.61. The third kappa shape index (κ3) is 26.2. The zero-order valence-corrected chi connectivity index (χ0v) is 54.2. The van der Waals surface area contributed by atoms with Crippen molar-refractivity contribution in [2.75, 3.05) is 24.6 Å². The van der Waals surface area contributed by atoms with Gasteiger partial charge in [0.25, 0.3) is 0 Å². The summed E-state index contributed by atoms with van der Waals surface area (Å²) in [4.78, 5) is 165. The number of hydrogen-bond acceptors (Lipinski definition) is 17. The van der Waals surface area contributed by atoms with E-state index in [1.54, 1.807) is 58.0 Å². The molecule has 0 spiro atoms. The number of phenols is 1. The van der Waals surface area contributed by atoms with Crippen molar-refractivity contribution in [3.05, 3.63) is 138 Å². The molecule has 15 N–H and O–H groups in total. The lowest BCUT2D eigenvalue weighted by Gasteiger charge is -2.29. The topological polar surface area (TPSA) is 412 Å². The molecule has 12 amide bonds. The molecule has 0 unspecified atom stereocenters. The minimum absolute atomic E-state index is 0.0263. The van der Waals surface area contributed by atoms with E-state index in [0.29, 0.717) is 41.2 Å². The normalized spacial score (nSPS) is 15.2. The largest absolute Gasteiger partial charge is 0.508 e. The summed E-state index contributed by atoms with van der Waals surface area (Å²) in [6.07, 6.45) is -1.74. The van der Waals surface area contributed by atoms with Gasteiger partial charge in [-0.3, -0.25) is 58.1 Å². The Bertz CT molecular complexity index is 3170. The van der Waals surface area contributed by atoms with Crippen molar-refractivity contribution in [3.63, 3.8) is 0 Å². The second-order valence-electron chi connectivity index (χ2n) is 23.0. The summed E-state index contributed by atoms with van der Waals surface area (Å²) in [7, 11) is 0. The number of alkyl carbamates (subject to hydrolysis) is 1. The van der Waals surface area contributed by atoms with Crippen molar-refractivity contribution in [2.45, 2.75) is 146 Å². The van der Waals surface area contributed by atoms with Gasteiger partial charge in [0, 0.05) is 42.4 Å². The first-order valence-electron chi connectivity index (χ1n) is 30.6. The van der Waals surface area contributed by atoms with Gasteiger partial charge in [0.1, 0.15) is 54.6 Å². The Balaban J connectivity index is 1.25. The number of benzene rings is 4. The van der Waals surface area contributed by atoms with Crippen LogP contribution in [0, 0.1) is 11.8 Å². The van der Waals surface area contributed by atoms with Crippen molar-refractivity contribution in [3.8, 4) is 5.75 Å². The summed E-state index contributed by atoms with van der Waals surface area (Å²) >= 11 is 2.81. The lowest BCUT2D eigenvalue weighted by molar-refractivity contribution is -0.140. The quantitative estimate of drug-likeness (QED) is 0.0306. The maximum absolute atomic E-state index is 14.6. The molecule has 0 aliphatic carbocycles. The number of hydrogen-bond donors (Lipinski definition) is 12. The van der Waals surface area contributed by atoms with Crippen LogP contribution >= 0.6 is 23.5 Å². The maximum Gasteiger partial charge on any atom is 0.408 e. The number of ether oxygens (including phenoxy) is 1. The number of aromatic hydroxyl groups is 1. The highest BCUT2D eigenvalue weighted by Crippen LogP contribution is 2.22. The van der Waals surface area contributed by atoms with Crippen LogP contribution in [0.5, 0.6) is 5.75 Å². The highest BCUT2D eigenvalue weighted by molar-refractivity contribution is 7.98. The minimum atomic E-state index is -1.88. The summed E-state index contributed by atoms with van der Waals surface area (Å²) in [5.41, 5.74) is 20.4. The number of nitrogens with zero attached hydrogens (tertiary/aromatic N) is 1. The summed E-state index contributed by atoms with van der Waals surface area (Å²) < 4.78 is 5.44. The van der Waals surface area contributed by atoms with Crippen molar-refractivity contribution in [2.24, 2.45) is 29.0 Å². The van der Waals surface area contributed by atoms with Crippen LogP contribution in [0.4, 0.5) is 4.79 Å². The van der Waals surface area contributed by atoms with E-state index in [9.17, 15) is 62.6 Å². The van der Waals surface area contributed by atoms with E-state index in [4.69, 9.17) is 21.9 Å². The molecule has 0 saturated carbocycles. The van der Waals surface area contributed by atoms with E-state index in [2.05, 4.69) is 37.2 Å². The Morgan fingerprint density at radius 2 is 1.16 bits per heavy atom. The molecule has 1 aliphatic rings. The Kier molecular flexibility index (Phi) is 31.1. The summed E-state index contributed by atoms with van der Waals surface area (Å²) in [6.45, 7) is 6.29. The summed E-state index contributed by atoms with van der Waals surface area (Å²) in [5, 5.41) is 30.0. The van der Waals surface area contributed by atoms with Gasteiger partial charge in [0.15, 0.2) is 0 Å². The fourth-order valence-corrected chi connectivity index (χ4v) is 11.7. The number of phenolic OH excluding ortho intramolecular Hbond substituents is 1. The second-order valence-corrected chi connectivity index (χ2v) is 25.0. The van der Waals surface area contributed by atoms with Crippen LogP contribution in [0.2, 0.25) is 0 Å². The molecule has 502 valence electrons. The third-order valence-corrected chi connectivity index (χ3v) is 17.2. The average molecular weight is 1320 g/mol. The molecule has 1 heterocycles. The minimum Gasteiger partial charge on any atom is -0.508 e. The Morgan fingerprint density at radius 3 is 1.74 bits per heavy atom. The second kappa shape index (κ2) is 38.7. The number of amides is 12. The molecule has 1 saturated heterocycles. The van der Waals surface area contributed by atoms with Gasteiger partial charge < -0.3 is 69.2 Å². The van der Waals surface area contributed by atoms with Gasteiger partial charge in [-0.25, -0.2) is 4.79 Å². The van der Waals surface area contributed by atoms with Gasteiger partial charge in [-0.15, -0.1) is 0 Å². The number of carbonyl (C=O) groups excluding carboxylic acids is 12. The molecular weight excluding hydrogens is 1240 g/mol. The van der Waals surface area contributed by atoms with E-state index >= 15 is 0 Å². The van der Waals surface area contributed by atoms with Gasteiger partial charge in [-0.2, -0.15) is 23.5 Å². The average Bonchev–Trinajstić information content (AvgIpc) is 1.87. The first-order valence-corrected chi connectivity index (χ1v) is 33.0. The number of carbonyl (C=O) groups is 12. The van der Waals surface area contributed by atoms with Crippen LogP contribution in [0.1, 0.15) is 94.9 Å².